The van der Waals surface area contributed by atoms with E-state index < -0.39 is 34.0 Å². The van der Waals surface area contributed by atoms with Gasteiger partial charge in [-0.25, -0.2) is 4.79 Å². The van der Waals surface area contributed by atoms with Crippen molar-refractivity contribution < 1.29 is 26.9 Å². The molecule has 3 unspecified atom stereocenters. The molecular weight excluding hydrogens is 348 g/mol. The topological polar surface area (TPSA) is 102 Å². The summed E-state index contributed by atoms with van der Waals surface area (Å²) in [5.41, 5.74) is -0.660. The minimum absolute atomic E-state index is 0.00324. The fourth-order valence-corrected chi connectivity index (χ4v) is 3.47. The number of nitrogens with one attached hydrogen (secondary N) is 1. The first-order chi connectivity index (χ1) is 11.3. The van der Waals surface area contributed by atoms with Gasteiger partial charge in [0, 0.05) is 20.5 Å². The molecule has 1 saturated carbocycles. The van der Waals surface area contributed by atoms with Gasteiger partial charge in [-0.05, 0) is 46.0 Å². The van der Waals surface area contributed by atoms with Gasteiger partial charge in [-0.2, -0.15) is 8.42 Å². The van der Waals surface area contributed by atoms with Gasteiger partial charge in [0.15, 0.2) is 0 Å². The van der Waals surface area contributed by atoms with Crippen LogP contribution in [0.25, 0.3) is 0 Å². The van der Waals surface area contributed by atoms with Crippen molar-refractivity contribution in [3.63, 3.8) is 0 Å². The molecule has 0 saturated heterocycles. The standard InChI is InChI=1S/C16H30N2O6S/c1-16(2,3)23-15(20)17-12-9-11(10-14(19)18(4)5)7-8-13(12)24-25(6,21)22/h11-13H,7-10H2,1-6H3,(H,17,20). The van der Waals surface area contributed by atoms with E-state index in [2.05, 4.69) is 5.32 Å². The Hall–Kier alpha value is -1.35. The van der Waals surface area contributed by atoms with Gasteiger partial charge in [-0.15, -0.1) is 0 Å². The van der Waals surface area contributed by atoms with Gasteiger partial charge >= 0.3 is 6.09 Å². The van der Waals surface area contributed by atoms with E-state index in [4.69, 9.17) is 8.92 Å². The predicted molar refractivity (Wildman–Crippen MR) is 93.5 cm³/mol. The molecule has 25 heavy (non-hydrogen) atoms. The molecule has 1 rings (SSSR count). The van der Waals surface area contributed by atoms with Crippen LogP contribution < -0.4 is 5.32 Å². The summed E-state index contributed by atoms with van der Waals surface area (Å²) >= 11 is 0. The summed E-state index contributed by atoms with van der Waals surface area (Å²) in [4.78, 5) is 25.5. The number of amides is 2. The van der Waals surface area contributed by atoms with Crippen molar-refractivity contribution in [2.75, 3.05) is 20.4 Å². The number of ether oxygens (including phenoxy) is 1. The first-order valence-electron chi connectivity index (χ1n) is 8.35. The van der Waals surface area contributed by atoms with E-state index in [1.54, 1.807) is 34.9 Å². The van der Waals surface area contributed by atoms with Gasteiger partial charge in [0.05, 0.1) is 18.4 Å². The van der Waals surface area contributed by atoms with Crippen molar-refractivity contribution in [3.05, 3.63) is 0 Å². The Balaban J connectivity index is 2.80. The fraction of sp³-hybridized carbons (Fsp3) is 0.875. The minimum Gasteiger partial charge on any atom is -0.444 e. The van der Waals surface area contributed by atoms with Gasteiger partial charge in [-0.1, -0.05) is 0 Å². The van der Waals surface area contributed by atoms with Crippen molar-refractivity contribution in [2.45, 2.75) is 64.2 Å². The summed E-state index contributed by atoms with van der Waals surface area (Å²) in [7, 11) is -0.266. The van der Waals surface area contributed by atoms with Crippen LogP contribution in [0.3, 0.4) is 0 Å². The highest BCUT2D eigenvalue weighted by Gasteiger charge is 2.36. The summed E-state index contributed by atoms with van der Waals surface area (Å²) < 4.78 is 33.3. The summed E-state index contributed by atoms with van der Waals surface area (Å²) in [6, 6.07) is -0.529. The highest BCUT2D eigenvalue weighted by atomic mass is 32.2. The van der Waals surface area contributed by atoms with Crippen molar-refractivity contribution in [2.24, 2.45) is 5.92 Å². The summed E-state index contributed by atoms with van der Waals surface area (Å²) in [6.45, 7) is 5.24. The lowest BCUT2D eigenvalue weighted by atomic mass is 9.82. The normalized spacial score (nSPS) is 24.5. The molecule has 0 bridgehead atoms. The Morgan fingerprint density at radius 1 is 1.20 bits per heavy atom. The summed E-state index contributed by atoms with van der Waals surface area (Å²) in [5.74, 6) is 0.0535. The highest BCUT2D eigenvalue weighted by Crippen LogP contribution is 2.30. The summed E-state index contributed by atoms with van der Waals surface area (Å²) in [6.07, 6.45) is 1.61. The van der Waals surface area contributed by atoms with Crippen LogP contribution in [0.5, 0.6) is 0 Å². The largest absolute Gasteiger partial charge is 0.444 e. The Bertz CT molecular complexity index is 582. The van der Waals surface area contributed by atoms with Crippen molar-refractivity contribution in [1.82, 2.24) is 10.2 Å². The van der Waals surface area contributed by atoms with Crippen molar-refractivity contribution in [1.29, 1.82) is 0 Å². The number of carbonyl (C=O) groups excluding carboxylic acids is 2. The molecule has 0 aliphatic heterocycles. The lowest BCUT2D eigenvalue weighted by Crippen LogP contribution is -2.50. The quantitative estimate of drug-likeness (QED) is 0.728. The molecule has 9 heteroatoms. The molecule has 1 aliphatic rings. The Kier molecular flexibility index (Phi) is 7.25. The molecule has 0 aromatic heterocycles. The molecule has 8 nitrogen and oxygen atoms in total. The number of nitrogens with zero attached hydrogens (tertiary/aromatic N) is 1. The molecule has 3 atom stereocenters. The second-order valence-electron chi connectivity index (χ2n) is 7.76. The minimum atomic E-state index is -3.65. The van der Waals surface area contributed by atoms with Gasteiger partial charge < -0.3 is 15.0 Å². The van der Waals surface area contributed by atoms with E-state index in [-0.39, 0.29) is 11.8 Å². The average molecular weight is 378 g/mol. The predicted octanol–water partition coefficient (Wildman–Crippen LogP) is 1.50. The van der Waals surface area contributed by atoms with Crippen LogP contribution in [-0.4, -0.2) is 63.4 Å². The van der Waals surface area contributed by atoms with E-state index in [9.17, 15) is 18.0 Å². The van der Waals surface area contributed by atoms with E-state index in [1.165, 1.54) is 4.90 Å². The van der Waals surface area contributed by atoms with Gasteiger partial charge in [0.2, 0.25) is 5.91 Å². The van der Waals surface area contributed by atoms with Gasteiger partial charge in [0.1, 0.15) is 5.60 Å². The monoisotopic (exact) mass is 378 g/mol. The van der Waals surface area contributed by atoms with Gasteiger partial charge in [-0.3, -0.25) is 8.98 Å². The molecular formula is C16H30N2O6S. The molecule has 1 aliphatic carbocycles. The van der Waals surface area contributed by atoms with E-state index in [1.807, 2.05) is 0 Å². The smallest absolute Gasteiger partial charge is 0.407 e. The van der Waals surface area contributed by atoms with E-state index >= 15 is 0 Å². The van der Waals surface area contributed by atoms with E-state index in [0.29, 0.717) is 25.7 Å². The molecule has 0 aromatic carbocycles. The van der Waals surface area contributed by atoms with Gasteiger partial charge in [0.25, 0.3) is 10.1 Å². The zero-order chi connectivity index (χ0) is 19.4. The molecule has 146 valence electrons. The van der Waals surface area contributed by atoms with Crippen molar-refractivity contribution in [3.8, 4) is 0 Å². The molecule has 0 spiro atoms. The molecule has 0 aromatic rings. The Labute approximate surface area is 150 Å². The number of carbonyl (C=O) groups is 2. The molecule has 1 fully saturated rings. The molecule has 0 radical (unpaired) electrons. The third-order valence-corrected chi connectivity index (χ3v) is 4.45. The first-order valence-corrected chi connectivity index (χ1v) is 10.2. The number of alkyl carbamates (subject to hydrolysis) is 1. The Morgan fingerprint density at radius 2 is 1.80 bits per heavy atom. The van der Waals surface area contributed by atoms with Crippen LogP contribution in [0.4, 0.5) is 4.79 Å². The third-order valence-electron chi connectivity index (χ3n) is 3.86. The molecule has 0 heterocycles. The van der Waals surface area contributed by atoms with E-state index in [0.717, 1.165) is 6.26 Å². The molecule has 1 N–H and O–H groups in total. The zero-order valence-electron chi connectivity index (χ0n) is 15.9. The molecule has 2 amide bonds. The van der Waals surface area contributed by atoms with Crippen molar-refractivity contribution >= 4 is 22.1 Å². The second kappa shape index (κ2) is 8.35. The van der Waals surface area contributed by atoms with Crippen LogP contribution in [-0.2, 0) is 23.8 Å². The van der Waals surface area contributed by atoms with Crippen LogP contribution in [0, 0.1) is 5.92 Å². The van der Waals surface area contributed by atoms with Crippen LogP contribution in [0.2, 0.25) is 0 Å². The SMILES string of the molecule is CN(C)C(=O)CC1CCC(OS(C)(=O)=O)C(NC(=O)OC(C)(C)C)C1. The van der Waals surface area contributed by atoms with Crippen LogP contribution in [0.1, 0.15) is 46.5 Å². The lowest BCUT2D eigenvalue weighted by molar-refractivity contribution is -0.130. The maximum atomic E-state index is 12.1. The zero-order valence-corrected chi connectivity index (χ0v) is 16.7. The first kappa shape index (κ1) is 21.7. The number of hydrogen-bond donors (Lipinski definition) is 1. The fourth-order valence-electron chi connectivity index (χ4n) is 2.80. The Morgan fingerprint density at radius 3 is 2.28 bits per heavy atom. The second-order valence-corrected chi connectivity index (χ2v) is 9.36. The number of hydrogen-bond acceptors (Lipinski definition) is 6. The van der Waals surface area contributed by atoms with Crippen LogP contribution in [0.15, 0.2) is 0 Å². The maximum absolute atomic E-state index is 12.1. The maximum Gasteiger partial charge on any atom is 0.407 e. The summed E-state index contributed by atoms with van der Waals surface area (Å²) in [5, 5.41) is 2.71. The average Bonchev–Trinajstić information content (AvgIpc) is 2.37. The lowest BCUT2D eigenvalue weighted by Gasteiger charge is -2.36. The number of rotatable bonds is 5. The van der Waals surface area contributed by atoms with Crippen LogP contribution >= 0.6 is 0 Å². The third kappa shape index (κ3) is 8.53. The highest BCUT2D eigenvalue weighted by molar-refractivity contribution is 7.86.